The lowest BCUT2D eigenvalue weighted by atomic mass is 10.00. The number of hydrogen-bond donors (Lipinski definition) is 2. The number of nitrogens with zero attached hydrogens (tertiary/aromatic N) is 4. The first-order valence-electron chi connectivity index (χ1n) is 10.0. The molecule has 1 saturated carbocycles. The first kappa shape index (κ1) is 20.7. The number of halogens is 1. The third-order valence-corrected chi connectivity index (χ3v) is 6.18. The van der Waals surface area contributed by atoms with Gasteiger partial charge in [0.25, 0.3) is 0 Å². The van der Waals surface area contributed by atoms with Crippen LogP contribution in [0.1, 0.15) is 41.4 Å². The van der Waals surface area contributed by atoms with E-state index in [9.17, 15) is 9.90 Å². The number of benzene rings is 1. The van der Waals surface area contributed by atoms with Crippen molar-refractivity contribution >= 4 is 27.5 Å². The minimum absolute atomic E-state index is 0.174. The Morgan fingerprint density at radius 1 is 1.33 bits per heavy atom. The molecule has 8 heteroatoms. The van der Waals surface area contributed by atoms with E-state index in [1.807, 2.05) is 24.3 Å². The van der Waals surface area contributed by atoms with Gasteiger partial charge in [-0.2, -0.15) is 5.10 Å². The number of aliphatic hydroxyl groups is 1. The van der Waals surface area contributed by atoms with Crippen LogP contribution in [-0.4, -0.2) is 43.3 Å². The first-order valence-corrected chi connectivity index (χ1v) is 10.8. The molecule has 1 fully saturated rings. The van der Waals surface area contributed by atoms with Crippen molar-refractivity contribution in [3.63, 3.8) is 0 Å². The zero-order valence-corrected chi connectivity index (χ0v) is 18.3. The zero-order valence-electron chi connectivity index (χ0n) is 16.7. The SMILES string of the molecule is C[C@H]1C[C@H](Nc2ncncc2C(=O)c2ccn(Cc3cccc(Br)c3)n2)C[C@@H]1CO. The van der Waals surface area contributed by atoms with Gasteiger partial charge in [-0.05, 0) is 48.4 Å². The molecule has 156 valence electrons. The quantitative estimate of drug-likeness (QED) is 0.514. The van der Waals surface area contributed by atoms with Crippen LogP contribution in [0.25, 0.3) is 0 Å². The van der Waals surface area contributed by atoms with Crippen molar-refractivity contribution in [3.05, 3.63) is 70.3 Å². The van der Waals surface area contributed by atoms with E-state index in [-0.39, 0.29) is 24.3 Å². The minimum atomic E-state index is -0.212. The van der Waals surface area contributed by atoms with Crippen molar-refractivity contribution in [2.24, 2.45) is 11.8 Å². The van der Waals surface area contributed by atoms with Crippen LogP contribution in [-0.2, 0) is 6.54 Å². The maximum Gasteiger partial charge on any atom is 0.218 e. The van der Waals surface area contributed by atoms with Crippen LogP contribution in [0, 0.1) is 11.8 Å². The lowest BCUT2D eigenvalue weighted by Crippen LogP contribution is -2.20. The molecule has 2 aromatic heterocycles. The number of carbonyl (C=O) groups excluding carboxylic acids is 1. The topological polar surface area (TPSA) is 92.9 Å². The highest BCUT2D eigenvalue weighted by Gasteiger charge is 2.31. The van der Waals surface area contributed by atoms with Gasteiger partial charge in [-0.25, -0.2) is 9.97 Å². The fourth-order valence-corrected chi connectivity index (χ4v) is 4.49. The van der Waals surface area contributed by atoms with Gasteiger partial charge < -0.3 is 10.4 Å². The van der Waals surface area contributed by atoms with Gasteiger partial charge in [0.15, 0.2) is 0 Å². The zero-order chi connectivity index (χ0) is 21.1. The van der Waals surface area contributed by atoms with Crippen LogP contribution in [0.5, 0.6) is 0 Å². The molecule has 1 aliphatic rings. The molecule has 1 aromatic carbocycles. The Morgan fingerprint density at radius 2 is 2.20 bits per heavy atom. The molecule has 0 saturated heterocycles. The highest BCUT2D eigenvalue weighted by atomic mass is 79.9. The maximum atomic E-state index is 13.1. The number of hydrogen-bond acceptors (Lipinski definition) is 6. The highest BCUT2D eigenvalue weighted by Crippen LogP contribution is 2.33. The van der Waals surface area contributed by atoms with Gasteiger partial charge >= 0.3 is 0 Å². The van der Waals surface area contributed by atoms with E-state index in [0.29, 0.717) is 29.5 Å². The van der Waals surface area contributed by atoms with Gasteiger partial charge in [0.05, 0.1) is 12.1 Å². The van der Waals surface area contributed by atoms with E-state index in [0.717, 1.165) is 22.9 Å². The number of rotatable bonds is 7. The fraction of sp³-hybridized carbons (Fsp3) is 0.364. The maximum absolute atomic E-state index is 13.1. The van der Waals surface area contributed by atoms with Crippen LogP contribution < -0.4 is 5.32 Å². The highest BCUT2D eigenvalue weighted by molar-refractivity contribution is 9.10. The van der Waals surface area contributed by atoms with Gasteiger partial charge in [0.1, 0.15) is 17.8 Å². The van der Waals surface area contributed by atoms with Gasteiger partial charge in [-0.1, -0.05) is 35.0 Å². The van der Waals surface area contributed by atoms with Crippen molar-refractivity contribution < 1.29 is 9.90 Å². The third kappa shape index (κ3) is 4.60. The lowest BCUT2D eigenvalue weighted by Gasteiger charge is -2.15. The molecule has 3 atom stereocenters. The van der Waals surface area contributed by atoms with Crippen molar-refractivity contribution in [1.82, 2.24) is 19.7 Å². The van der Waals surface area contributed by atoms with Crippen molar-refractivity contribution in [3.8, 4) is 0 Å². The van der Waals surface area contributed by atoms with Crippen molar-refractivity contribution in [2.45, 2.75) is 32.4 Å². The summed E-state index contributed by atoms with van der Waals surface area (Å²) in [6.45, 7) is 2.91. The molecule has 4 rings (SSSR count). The van der Waals surface area contributed by atoms with Crippen molar-refractivity contribution in [1.29, 1.82) is 0 Å². The summed E-state index contributed by atoms with van der Waals surface area (Å²) in [5.41, 5.74) is 1.85. The number of ketones is 1. The third-order valence-electron chi connectivity index (χ3n) is 5.69. The number of nitrogens with one attached hydrogen (secondary N) is 1. The summed E-state index contributed by atoms with van der Waals surface area (Å²) < 4.78 is 2.75. The van der Waals surface area contributed by atoms with Gasteiger partial charge in [-0.3, -0.25) is 9.48 Å². The summed E-state index contributed by atoms with van der Waals surface area (Å²) in [6, 6.07) is 9.88. The van der Waals surface area contributed by atoms with Crippen LogP contribution >= 0.6 is 15.9 Å². The van der Waals surface area contributed by atoms with E-state index in [1.54, 1.807) is 16.9 Å². The van der Waals surface area contributed by atoms with Gasteiger partial charge in [-0.15, -0.1) is 0 Å². The fourth-order valence-electron chi connectivity index (χ4n) is 4.04. The Balaban J connectivity index is 1.50. The first-order chi connectivity index (χ1) is 14.5. The number of aromatic nitrogens is 4. The predicted octanol–water partition coefficient (Wildman–Crippen LogP) is 3.53. The largest absolute Gasteiger partial charge is 0.396 e. The molecule has 0 unspecified atom stereocenters. The summed E-state index contributed by atoms with van der Waals surface area (Å²) >= 11 is 3.47. The van der Waals surface area contributed by atoms with Gasteiger partial charge in [0.2, 0.25) is 5.78 Å². The molecular formula is C22H24BrN5O2. The second-order valence-corrected chi connectivity index (χ2v) is 8.79. The number of anilines is 1. The molecule has 3 aromatic rings. The van der Waals surface area contributed by atoms with Crippen LogP contribution in [0.4, 0.5) is 5.82 Å². The van der Waals surface area contributed by atoms with Gasteiger partial charge in [0, 0.05) is 29.5 Å². The average molecular weight is 470 g/mol. The molecule has 0 spiro atoms. The molecule has 2 N–H and O–H groups in total. The summed E-state index contributed by atoms with van der Waals surface area (Å²) in [7, 11) is 0. The van der Waals surface area contributed by atoms with E-state index >= 15 is 0 Å². The Labute approximate surface area is 183 Å². The van der Waals surface area contributed by atoms with Crippen molar-refractivity contribution in [2.75, 3.05) is 11.9 Å². The van der Waals surface area contributed by atoms with E-state index < -0.39 is 0 Å². The molecule has 0 amide bonds. The normalized spacial score (nSPS) is 21.0. The molecule has 0 radical (unpaired) electrons. The van der Waals surface area contributed by atoms with Crippen LogP contribution in [0.3, 0.4) is 0 Å². The molecule has 1 aliphatic carbocycles. The lowest BCUT2D eigenvalue weighted by molar-refractivity contribution is 0.103. The Hall–Kier alpha value is -2.58. The predicted molar refractivity (Wildman–Crippen MR) is 117 cm³/mol. The summed E-state index contributed by atoms with van der Waals surface area (Å²) in [5.74, 6) is 1.02. The van der Waals surface area contributed by atoms with Crippen LogP contribution in [0.2, 0.25) is 0 Å². The molecule has 30 heavy (non-hydrogen) atoms. The monoisotopic (exact) mass is 469 g/mol. The smallest absolute Gasteiger partial charge is 0.218 e. The Morgan fingerprint density at radius 3 is 2.97 bits per heavy atom. The summed E-state index contributed by atoms with van der Waals surface area (Å²) in [5, 5.41) is 17.4. The Kier molecular flexibility index (Phi) is 6.24. The van der Waals surface area contributed by atoms with E-state index in [1.165, 1.54) is 12.5 Å². The molecular weight excluding hydrogens is 446 g/mol. The standard InChI is InChI=1S/C22H24BrN5O2/c1-14-7-18(9-16(14)12-29)26-22-19(10-24-13-25-22)21(30)20-5-6-28(27-20)11-15-3-2-4-17(23)8-15/h2-6,8,10,13-14,16,18,29H,7,9,11-12H2,1H3,(H,24,25,26)/t14-,16+,18-/m0/s1. The van der Waals surface area contributed by atoms with E-state index in [2.05, 4.69) is 43.2 Å². The molecule has 0 bridgehead atoms. The second-order valence-electron chi connectivity index (χ2n) is 7.88. The Bertz CT molecular complexity index is 1040. The van der Waals surface area contributed by atoms with E-state index in [4.69, 9.17) is 0 Å². The number of carbonyl (C=O) groups is 1. The summed E-state index contributed by atoms with van der Waals surface area (Å²) in [6.07, 6.45) is 6.57. The molecule has 2 heterocycles. The average Bonchev–Trinajstić information content (AvgIpc) is 3.34. The number of aliphatic hydroxyl groups excluding tert-OH is 1. The summed E-state index contributed by atoms with van der Waals surface area (Å²) in [4.78, 5) is 21.5. The molecule has 0 aliphatic heterocycles. The second kappa shape index (κ2) is 9.06. The molecule has 7 nitrogen and oxygen atoms in total. The van der Waals surface area contributed by atoms with Crippen LogP contribution in [0.15, 0.2) is 53.5 Å². The minimum Gasteiger partial charge on any atom is -0.396 e.